The Hall–Kier alpha value is -1.25. The molecule has 1 aromatic rings. The van der Waals surface area contributed by atoms with Crippen LogP contribution in [0.25, 0.3) is 0 Å². The van der Waals surface area contributed by atoms with Crippen LogP contribution in [0.15, 0.2) is 18.3 Å². The number of pyridine rings is 1. The molecule has 0 spiro atoms. The molecule has 0 bridgehead atoms. The normalized spacial score (nSPS) is 27.8. The summed E-state index contributed by atoms with van der Waals surface area (Å²) in [5, 5.41) is 6.92. The highest BCUT2D eigenvalue weighted by molar-refractivity contribution is 5.52. The molecule has 100 valence electrons. The molecule has 0 aliphatic heterocycles. The highest BCUT2D eigenvalue weighted by atomic mass is 15.0. The summed E-state index contributed by atoms with van der Waals surface area (Å²) in [6, 6.07) is 4.78. The standard InChI is InChI=1S/C15H25N3/c1-4-16-15-10-13(7-8-17-15)18-14-6-5-11(2)9-12(14)3/h7-8,10-12,14H,4-6,9H2,1-3H3,(H2,16,17,18). The van der Waals surface area contributed by atoms with Crippen molar-refractivity contribution in [1.29, 1.82) is 0 Å². The van der Waals surface area contributed by atoms with Crippen LogP contribution in [0.2, 0.25) is 0 Å². The average Bonchev–Trinajstić information content (AvgIpc) is 2.34. The first-order chi connectivity index (χ1) is 8.69. The van der Waals surface area contributed by atoms with Crippen LogP contribution < -0.4 is 10.6 Å². The summed E-state index contributed by atoms with van der Waals surface area (Å²) < 4.78 is 0. The van der Waals surface area contributed by atoms with E-state index in [1.165, 1.54) is 24.9 Å². The summed E-state index contributed by atoms with van der Waals surface area (Å²) >= 11 is 0. The topological polar surface area (TPSA) is 37.0 Å². The van der Waals surface area contributed by atoms with Gasteiger partial charge in [-0.05, 0) is 44.1 Å². The smallest absolute Gasteiger partial charge is 0.127 e. The molecule has 3 atom stereocenters. The Morgan fingerprint density at radius 1 is 1.33 bits per heavy atom. The fraction of sp³-hybridized carbons (Fsp3) is 0.667. The van der Waals surface area contributed by atoms with Crippen molar-refractivity contribution in [3.05, 3.63) is 18.3 Å². The van der Waals surface area contributed by atoms with Gasteiger partial charge in [0.05, 0.1) is 0 Å². The largest absolute Gasteiger partial charge is 0.382 e. The van der Waals surface area contributed by atoms with Crippen molar-refractivity contribution < 1.29 is 0 Å². The van der Waals surface area contributed by atoms with Crippen molar-refractivity contribution in [2.75, 3.05) is 17.2 Å². The lowest BCUT2D eigenvalue weighted by Gasteiger charge is -2.33. The predicted octanol–water partition coefficient (Wildman–Crippen LogP) is 3.75. The molecule has 1 aliphatic rings. The summed E-state index contributed by atoms with van der Waals surface area (Å²) in [7, 11) is 0. The SMILES string of the molecule is CCNc1cc(NC2CCC(C)CC2C)ccn1. The zero-order valence-corrected chi connectivity index (χ0v) is 11.7. The first kappa shape index (κ1) is 13.2. The maximum Gasteiger partial charge on any atom is 0.127 e. The van der Waals surface area contributed by atoms with Gasteiger partial charge < -0.3 is 10.6 Å². The van der Waals surface area contributed by atoms with Gasteiger partial charge in [0.15, 0.2) is 0 Å². The number of nitrogens with zero attached hydrogens (tertiary/aromatic N) is 1. The van der Waals surface area contributed by atoms with E-state index in [9.17, 15) is 0 Å². The van der Waals surface area contributed by atoms with Crippen LogP contribution in [0.5, 0.6) is 0 Å². The highest BCUT2D eigenvalue weighted by Crippen LogP contribution is 2.30. The molecular weight excluding hydrogens is 222 g/mol. The molecule has 0 radical (unpaired) electrons. The zero-order chi connectivity index (χ0) is 13.0. The van der Waals surface area contributed by atoms with Crippen LogP contribution in [0.4, 0.5) is 11.5 Å². The van der Waals surface area contributed by atoms with E-state index in [2.05, 4.69) is 48.5 Å². The Morgan fingerprint density at radius 3 is 2.89 bits per heavy atom. The van der Waals surface area contributed by atoms with E-state index >= 15 is 0 Å². The molecule has 1 heterocycles. The molecule has 1 aromatic heterocycles. The molecule has 18 heavy (non-hydrogen) atoms. The predicted molar refractivity (Wildman–Crippen MR) is 78.0 cm³/mol. The zero-order valence-electron chi connectivity index (χ0n) is 11.7. The van der Waals surface area contributed by atoms with Crippen LogP contribution >= 0.6 is 0 Å². The van der Waals surface area contributed by atoms with Crippen LogP contribution in [0, 0.1) is 11.8 Å². The Balaban J connectivity index is 1.98. The highest BCUT2D eigenvalue weighted by Gasteiger charge is 2.25. The third kappa shape index (κ3) is 3.37. The fourth-order valence-corrected chi connectivity index (χ4v) is 2.89. The molecule has 1 fully saturated rings. The van der Waals surface area contributed by atoms with Crippen molar-refractivity contribution in [3.8, 4) is 0 Å². The second kappa shape index (κ2) is 6.07. The summed E-state index contributed by atoms with van der Waals surface area (Å²) in [5.41, 5.74) is 1.19. The van der Waals surface area contributed by atoms with Gasteiger partial charge in [-0.2, -0.15) is 0 Å². The minimum absolute atomic E-state index is 0.609. The summed E-state index contributed by atoms with van der Waals surface area (Å²) in [6.45, 7) is 7.72. The van der Waals surface area contributed by atoms with Gasteiger partial charge >= 0.3 is 0 Å². The fourth-order valence-electron chi connectivity index (χ4n) is 2.89. The second-order valence-electron chi connectivity index (χ2n) is 5.61. The second-order valence-corrected chi connectivity index (χ2v) is 5.61. The van der Waals surface area contributed by atoms with E-state index in [0.29, 0.717) is 6.04 Å². The molecule has 2 N–H and O–H groups in total. The van der Waals surface area contributed by atoms with Gasteiger partial charge in [0.1, 0.15) is 5.82 Å². The van der Waals surface area contributed by atoms with Gasteiger partial charge in [-0.15, -0.1) is 0 Å². The lowest BCUT2D eigenvalue weighted by molar-refractivity contribution is 0.276. The van der Waals surface area contributed by atoms with E-state index < -0.39 is 0 Å². The van der Waals surface area contributed by atoms with Crippen LogP contribution in [-0.2, 0) is 0 Å². The summed E-state index contributed by atoms with van der Waals surface area (Å²) in [5.74, 6) is 2.59. The molecule has 0 aromatic carbocycles. The van der Waals surface area contributed by atoms with Crippen molar-refractivity contribution in [2.24, 2.45) is 11.8 Å². The van der Waals surface area contributed by atoms with Crippen LogP contribution in [0.3, 0.4) is 0 Å². The Labute approximate surface area is 110 Å². The molecule has 1 aliphatic carbocycles. The quantitative estimate of drug-likeness (QED) is 0.851. The van der Waals surface area contributed by atoms with Crippen molar-refractivity contribution >= 4 is 11.5 Å². The maximum absolute atomic E-state index is 4.30. The van der Waals surface area contributed by atoms with E-state index in [4.69, 9.17) is 0 Å². The average molecular weight is 247 g/mol. The number of hydrogen-bond donors (Lipinski definition) is 2. The van der Waals surface area contributed by atoms with Crippen LogP contribution in [-0.4, -0.2) is 17.6 Å². The summed E-state index contributed by atoms with van der Waals surface area (Å²) in [6.07, 6.45) is 5.83. The number of rotatable bonds is 4. The monoisotopic (exact) mass is 247 g/mol. The lowest BCUT2D eigenvalue weighted by atomic mass is 9.80. The van der Waals surface area contributed by atoms with Gasteiger partial charge in [0.25, 0.3) is 0 Å². The Bertz CT molecular complexity index is 378. The van der Waals surface area contributed by atoms with Crippen LogP contribution in [0.1, 0.15) is 40.0 Å². The number of nitrogens with one attached hydrogen (secondary N) is 2. The van der Waals surface area contributed by atoms with Gasteiger partial charge in [0.2, 0.25) is 0 Å². The molecule has 2 rings (SSSR count). The molecule has 3 unspecified atom stereocenters. The number of aromatic nitrogens is 1. The molecule has 3 nitrogen and oxygen atoms in total. The van der Waals surface area contributed by atoms with Crippen molar-refractivity contribution in [2.45, 2.75) is 46.1 Å². The number of anilines is 2. The summed E-state index contributed by atoms with van der Waals surface area (Å²) in [4.78, 5) is 4.30. The van der Waals surface area contributed by atoms with Crippen molar-refractivity contribution in [3.63, 3.8) is 0 Å². The van der Waals surface area contributed by atoms with E-state index in [-0.39, 0.29) is 0 Å². The van der Waals surface area contributed by atoms with E-state index in [0.717, 1.165) is 24.2 Å². The Kier molecular flexibility index (Phi) is 4.45. The minimum atomic E-state index is 0.609. The lowest BCUT2D eigenvalue weighted by Crippen LogP contribution is -2.33. The van der Waals surface area contributed by atoms with Gasteiger partial charge in [-0.3, -0.25) is 0 Å². The molecular formula is C15H25N3. The van der Waals surface area contributed by atoms with Gasteiger partial charge in [-0.25, -0.2) is 4.98 Å². The maximum atomic E-state index is 4.30. The number of hydrogen-bond acceptors (Lipinski definition) is 3. The molecule has 0 amide bonds. The Morgan fingerprint density at radius 2 is 2.17 bits per heavy atom. The first-order valence-electron chi connectivity index (χ1n) is 7.15. The van der Waals surface area contributed by atoms with Gasteiger partial charge in [0, 0.05) is 30.5 Å². The van der Waals surface area contributed by atoms with Crippen molar-refractivity contribution in [1.82, 2.24) is 4.98 Å². The molecule has 1 saturated carbocycles. The van der Waals surface area contributed by atoms with E-state index in [1.54, 1.807) is 0 Å². The first-order valence-corrected chi connectivity index (χ1v) is 7.15. The molecule has 0 saturated heterocycles. The van der Waals surface area contributed by atoms with Gasteiger partial charge in [-0.1, -0.05) is 13.8 Å². The third-order valence-corrected chi connectivity index (χ3v) is 3.90. The third-order valence-electron chi connectivity index (χ3n) is 3.90. The minimum Gasteiger partial charge on any atom is -0.382 e. The van der Waals surface area contributed by atoms with E-state index in [1.807, 2.05) is 6.20 Å². The molecule has 3 heteroatoms.